The first-order valence-electron chi connectivity index (χ1n) is 7.31. The molecule has 1 amide bonds. The molecule has 3 N–H and O–H groups in total. The van der Waals surface area contributed by atoms with Crippen LogP contribution < -0.4 is 11.1 Å². The smallest absolute Gasteiger partial charge is 0.241 e. The molecule has 0 radical (unpaired) electrons. The van der Waals surface area contributed by atoms with Crippen molar-refractivity contribution in [1.82, 2.24) is 4.98 Å². The molecule has 5 nitrogen and oxygen atoms in total. The first-order chi connectivity index (χ1) is 11.2. The molecule has 1 aromatic heterocycles. The zero-order valence-electron chi connectivity index (χ0n) is 12.5. The highest BCUT2D eigenvalue weighted by atomic mass is 16.3. The largest absolute Gasteiger partial charge is 0.444 e. The molecule has 1 atom stereocenters. The molecule has 0 fully saturated rings. The fourth-order valence-electron chi connectivity index (χ4n) is 2.27. The molecule has 0 unspecified atom stereocenters. The Balaban J connectivity index is 1.61. The molecule has 0 aliphatic carbocycles. The van der Waals surface area contributed by atoms with E-state index in [0.717, 1.165) is 11.1 Å². The summed E-state index contributed by atoms with van der Waals surface area (Å²) in [7, 11) is 0. The lowest BCUT2D eigenvalue weighted by Gasteiger charge is -2.12. The Morgan fingerprint density at radius 2 is 1.87 bits per heavy atom. The number of hydrogen-bond acceptors (Lipinski definition) is 4. The second-order valence-corrected chi connectivity index (χ2v) is 5.23. The van der Waals surface area contributed by atoms with Crippen LogP contribution in [0.4, 0.5) is 5.69 Å². The molecule has 0 bridgehead atoms. The van der Waals surface area contributed by atoms with Crippen LogP contribution in [0.15, 0.2) is 71.6 Å². The lowest BCUT2D eigenvalue weighted by molar-refractivity contribution is -0.117. The first-order valence-corrected chi connectivity index (χ1v) is 7.31. The number of amides is 1. The summed E-state index contributed by atoms with van der Waals surface area (Å²) in [6.45, 7) is 0. The molecule has 0 aliphatic rings. The average molecular weight is 307 g/mol. The van der Waals surface area contributed by atoms with E-state index in [1.54, 1.807) is 6.20 Å². The maximum atomic E-state index is 12.2. The summed E-state index contributed by atoms with van der Waals surface area (Å²) in [5.74, 6) is 0.477. The molecule has 0 saturated carbocycles. The molecular weight excluding hydrogens is 290 g/mol. The van der Waals surface area contributed by atoms with Gasteiger partial charge in [0, 0.05) is 11.3 Å². The van der Waals surface area contributed by atoms with Gasteiger partial charge in [0.25, 0.3) is 0 Å². The van der Waals surface area contributed by atoms with Crippen molar-refractivity contribution in [3.05, 3.63) is 72.8 Å². The standard InChI is InChI=1S/C18H17N3O2/c19-16(10-13-4-2-1-3-5-13)18(22)21-15-8-6-14(7-9-15)17-11-20-12-23-17/h1-9,11-12,16H,10,19H2,(H,21,22)/t16-/m0/s1. The van der Waals surface area contributed by atoms with Crippen molar-refractivity contribution in [2.75, 3.05) is 5.32 Å². The topological polar surface area (TPSA) is 81.2 Å². The summed E-state index contributed by atoms with van der Waals surface area (Å²) in [6.07, 6.45) is 3.53. The van der Waals surface area contributed by atoms with E-state index in [4.69, 9.17) is 10.2 Å². The number of anilines is 1. The third-order valence-electron chi connectivity index (χ3n) is 3.50. The number of carbonyl (C=O) groups excluding carboxylic acids is 1. The van der Waals surface area contributed by atoms with Gasteiger partial charge in [0.15, 0.2) is 12.2 Å². The van der Waals surface area contributed by atoms with Gasteiger partial charge in [-0.3, -0.25) is 4.79 Å². The van der Waals surface area contributed by atoms with Gasteiger partial charge in [0.1, 0.15) is 0 Å². The van der Waals surface area contributed by atoms with Crippen LogP contribution in [0.1, 0.15) is 5.56 Å². The van der Waals surface area contributed by atoms with E-state index in [-0.39, 0.29) is 5.91 Å². The third kappa shape index (κ3) is 3.84. The minimum atomic E-state index is -0.591. The van der Waals surface area contributed by atoms with E-state index in [1.165, 1.54) is 6.39 Å². The van der Waals surface area contributed by atoms with Gasteiger partial charge in [-0.05, 0) is 36.2 Å². The Bertz CT molecular complexity index is 753. The highest BCUT2D eigenvalue weighted by Gasteiger charge is 2.14. The predicted octanol–water partition coefficient (Wildman–Crippen LogP) is 2.85. The van der Waals surface area contributed by atoms with E-state index >= 15 is 0 Å². The van der Waals surface area contributed by atoms with Gasteiger partial charge in [-0.15, -0.1) is 0 Å². The minimum absolute atomic E-state index is 0.207. The van der Waals surface area contributed by atoms with Crippen LogP contribution >= 0.6 is 0 Å². The number of nitrogens with one attached hydrogen (secondary N) is 1. The van der Waals surface area contributed by atoms with E-state index in [9.17, 15) is 4.79 Å². The molecule has 2 aromatic carbocycles. The Labute approximate surface area is 134 Å². The normalized spacial score (nSPS) is 11.9. The van der Waals surface area contributed by atoms with Crippen molar-refractivity contribution >= 4 is 11.6 Å². The van der Waals surface area contributed by atoms with Crippen molar-refractivity contribution in [2.24, 2.45) is 5.73 Å². The monoisotopic (exact) mass is 307 g/mol. The number of hydrogen-bond donors (Lipinski definition) is 2. The Morgan fingerprint density at radius 3 is 2.52 bits per heavy atom. The number of nitrogens with two attached hydrogens (primary N) is 1. The highest BCUT2D eigenvalue weighted by Crippen LogP contribution is 2.20. The highest BCUT2D eigenvalue weighted by molar-refractivity contribution is 5.95. The fourth-order valence-corrected chi connectivity index (χ4v) is 2.27. The van der Waals surface area contributed by atoms with Crippen LogP contribution in [0.5, 0.6) is 0 Å². The molecule has 116 valence electrons. The summed E-state index contributed by atoms with van der Waals surface area (Å²) in [5.41, 5.74) is 8.60. The van der Waals surface area contributed by atoms with Crippen LogP contribution in [-0.2, 0) is 11.2 Å². The van der Waals surface area contributed by atoms with E-state index in [2.05, 4.69) is 10.3 Å². The van der Waals surface area contributed by atoms with Crippen LogP contribution in [0.3, 0.4) is 0 Å². The quantitative estimate of drug-likeness (QED) is 0.759. The van der Waals surface area contributed by atoms with Gasteiger partial charge >= 0.3 is 0 Å². The van der Waals surface area contributed by atoms with E-state index in [0.29, 0.717) is 17.9 Å². The van der Waals surface area contributed by atoms with Crippen LogP contribution in [0, 0.1) is 0 Å². The molecule has 3 rings (SSSR count). The minimum Gasteiger partial charge on any atom is -0.444 e. The third-order valence-corrected chi connectivity index (χ3v) is 3.50. The van der Waals surface area contributed by atoms with Crippen LogP contribution in [0.2, 0.25) is 0 Å². The zero-order chi connectivity index (χ0) is 16.1. The van der Waals surface area contributed by atoms with Crippen molar-refractivity contribution in [3.8, 4) is 11.3 Å². The molecule has 5 heteroatoms. The Hall–Kier alpha value is -2.92. The number of aromatic nitrogens is 1. The van der Waals surface area contributed by atoms with Gasteiger partial charge in [0.05, 0.1) is 12.2 Å². The maximum Gasteiger partial charge on any atom is 0.241 e. The first kappa shape index (κ1) is 15.0. The molecule has 1 heterocycles. The lowest BCUT2D eigenvalue weighted by Crippen LogP contribution is -2.37. The van der Waals surface area contributed by atoms with Crippen molar-refractivity contribution in [3.63, 3.8) is 0 Å². The molecule has 0 saturated heterocycles. The summed E-state index contributed by atoms with van der Waals surface area (Å²) in [5, 5.41) is 2.82. The summed E-state index contributed by atoms with van der Waals surface area (Å²) >= 11 is 0. The second-order valence-electron chi connectivity index (χ2n) is 5.23. The summed E-state index contributed by atoms with van der Waals surface area (Å²) < 4.78 is 5.23. The van der Waals surface area contributed by atoms with Gasteiger partial charge in [0.2, 0.25) is 5.91 Å². The molecule has 3 aromatic rings. The van der Waals surface area contributed by atoms with Gasteiger partial charge < -0.3 is 15.5 Å². The molecule has 0 spiro atoms. The lowest BCUT2D eigenvalue weighted by atomic mass is 10.1. The Morgan fingerprint density at radius 1 is 1.13 bits per heavy atom. The fraction of sp³-hybridized carbons (Fsp3) is 0.111. The summed E-state index contributed by atoms with van der Waals surface area (Å²) in [4.78, 5) is 16.0. The Kier molecular flexibility index (Phi) is 4.49. The van der Waals surface area contributed by atoms with Crippen molar-refractivity contribution < 1.29 is 9.21 Å². The van der Waals surface area contributed by atoms with Gasteiger partial charge in [-0.1, -0.05) is 30.3 Å². The number of benzene rings is 2. The molecular formula is C18H17N3O2. The number of oxazole rings is 1. The van der Waals surface area contributed by atoms with Gasteiger partial charge in [-0.2, -0.15) is 0 Å². The van der Waals surface area contributed by atoms with Gasteiger partial charge in [-0.25, -0.2) is 4.98 Å². The number of nitrogens with zero attached hydrogens (tertiary/aromatic N) is 1. The predicted molar refractivity (Wildman–Crippen MR) is 88.7 cm³/mol. The van der Waals surface area contributed by atoms with E-state index in [1.807, 2.05) is 54.6 Å². The summed E-state index contributed by atoms with van der Waals surface area (Å²) in [6, 6.07) is 16.5. The average Bonchev–Trinajstić information content (AvgIpc) is 3.11. The maximum absolute atomic E-state index is 12.2. The van der Waals surface area contributed by atoms with E-state index < -0.39 is 6.04 Å². The number of carbonyl (C=O) groups is 1. The second kappa shape index (κ2) is 6.89. The van der Waals surface area contributed by atoms with Crippen LogP contribution in [-0.4, -0.2) is 16.9 Å². The molecule has 0 aliphatic heterocycles. The van der Waals surface area contributed by atoms with Crippen molar-refractivity contribution in [2.45, 2.75) is 12.5 Å². The molecule has 23 heavy (non-hydrogen) atoms. The zero-order valence-corrected chi connectivity index (χ0v) is 12.5. The van der Waals surface area contributed by atoms with Crippen LogP contribution in [0.25, 0.3) is 11.3 Å². The van der Waals surface area contributed by atoms with Crippen molar-refractivity contribution in [1.29, 1.82) is 0 Å². The SMILES string of the molecule is N[C@@H](Cc1ccccc1)C(=O)Nc1ccc(-c2cnco2)cc1. The number of rotatable bonds is 5.